The Balaban J connectivity index is 1.79. The van der Waals surface area contributed by atoms with E-state index in [0.29, 0.717) is 31.6 Å². The van der Waals surface area contributed by atoms with Crippen molar-refractivity contribution in [3.63, 3.8) is 0 Å². The summed E-state index contributed by atoms with van der Waals surface area (Å²) in [5, 5.41) is 10.3. The minimum absolute atomic E-state index is 0.319. The van der Waals surface area contributed by atoms with Crippen LogP contribution in [0.4, 0.5) is 0 Å². The standard InChI is InChI=1S/C19H31NO4/c1-14-7-15(2)10-20(9-14)11-17(21)13-24-12-16-8-18(22-3)5-6-19(16)23-4/h5-6,8,14-15,17,21H,7,9-13H2,1-4H3/t14-,15+,17-/m1/s1. The molecular formula is C19H31NO4. The number of hydrogen-bond donors (Lipinski definition) is 1. The van der Waals surface area contributed by atoms with Crippen LogP contribution in [-0.4, -0.2) is 56.6 Å². The molecule has 0 amide bonds. The highest BCUT2D eigenvalue weighted by Gasteiger charge is 2.23. The third-order valence-corrected chi connectivity index (χ3v) is 4.47. The van der Waals surface area contributed by atoms with Gasteiger partial charge in [0.15, 0.2) is 0 Å². The van der Waals surface area contributed by atoms with Gasteiger partial charge in [-0.2, -0.15) is 0 Å². The van der Waals surface area contributed by atoms with Crippen LogP contribution in [0, 0.1) is 11.8 Å². The average Bonchev–Trinajstić information content (AvgIpc) is 2.53. The molecule has 1 saturated heterocycles. The molecule has 1 aromatic carbocycles. The fourth-order valence-electron chi connectivity index (χ4n) is 3.59. The predicted octanol–water partition coefficient (Wildman–Crippen LogP) is 2.56. The van der Waals surface area contributed by atoms with E-state index in [2.05, 4.69) is 18.7 Å². The van der Waals surface area contributed by atoms with Crippen molar-refractivity contribution in [3.8, 4) is 11.5 Å². The minimum Gasteiger partial charge on any atom is -0.497 e. The van der Waals surface area contributed by atoms with Crippen molar-refractivity contribution >= 4 is 0 Å². The lowest BCUT2D eigenvalue weighted by atomic mass is 9.92. The minimum atomic E-state index is -0.473. The molecule has 136 valence electrons. The zero-order chi connectivity index (χ0) is 17.5. The van der Waals surface area contributed by atoms with Crippen LogP contribution in [-0.2, 0) is 11.3 Å². The number of nitrogens with zero attached hydrogens (tertiary/aromatic N) is 1. The fraction of sp³-hybridized carbons (Fsp3) is 0.684. The van der Waals surface area contributed by atoms with Crippen molar-refractivity contribution in [2.45, 2.75) is 33.0 Å². The van der Waals surface area contributed by atoms with Gasteiger partial charge < -0.3 is 24.2 Å². The van der Waals surface area contributed by atoms with Crippen LogP contribution >= 0.6 is 0 Å². The normalized spacial score (nSPS) is 23.0. The van der Waals surface area contributed by atoms with Gasteiger partial charge in [0.1, 0.15) is 11.5 Å². The quantitative estimate of drug-likeness (QED) is 0.790. The highest BCUT2D eigenvalue weighted by atomic mass is 16.5. The molecule has 2 rings (SSSR count). The summed E-state index contributed by atoms with van der Waals surface area (Å²) in [4.78, 5) is 2.35. The molecule has 1 fully saturated rings. The number of aliphatic hydroxyl groups is 1. The van der Waals surface area contributed by atoms with Crippen LogP contribution < -0.4 is 9.47 Å². The van der Waals surface area contributed by atoms with Crippen molar-refractivity contribution in [2.24, 2.45) is 11.8 Å². The molecule has 1 aromatic rings. The number of ether oxygens (including phenoxy) is 3. The number of hydrogen-bond acceptors (Lipinski definition) is 5. The summed E-state index contributed by atoms with van der Waals surface area (Å²) < 4.78 is 16.3. The molecule has 0 unspecified atom stereocenters. The number of likely N-dealkylation sites (tertiary alicyclic amines) is 1. The first-order valence-corrected chi connectivity index (χ1v) is 8.70. The number of aliphatic hydroxyl groups excluding tert-OH is 1. The second-order valence-corrected chi connectivity index (χ2v) is 7.01. The summed E-state index contributed by atoms with van der Waals surface area (Å²) in [5.74, 6) is 2.93. The molecular weight excluding hydrogens is 306 g/mol. The van der Waals surface area contributed by atoms with E-state index in [1.54, 1.807) is 14.2 Å². The maximum Gasteiger partial charge on any atom is 0.124 e. The maximum absolute atomic E-state index is 10.3. The smallest absolute Gasteiger partial charge is 0.124 e. The number of benzene rings is 1. The molecule has 0 aromatic heterocycles. The van der Waals surface area contributed by atoms with Gasteiger partial charge >= 0.3 is 0 Å². The summed E-state index contributed by atoms with van der Waals surface area (Å²) in [7, 11) is 3.27. The fourth-order valence-corrected chi connectivity index (χ4v) is 3.59. The van der Waals surface area contributed by atoms with E-state index in [4.69, 9.17) is 14.2 Å². The molecule has 0 bridgehead atoms. The number of piperidine rings is 1. The molecule has 3 atom stereocenters. The first-order valence-electron chi connectivity index (χ1n) is 8.70. The lowest BCUT2D eigenvalue weighted by molar-refractivity contribution is -0.00131. The Kier molecular flexibility index (Phi) is 7.34. The molecule has 0 spiro atoms. The monoisotopic (exact) mass is 337 g/mol. The van der Waals surface area contributed by atoms with Crippen molar-refractivity contribution in [3.05, 3.63) is 23.8 Å². The van der Waals surface area contributed by atoms with Crippen LogP contribution in [0.5, 0.6) is 11.5 Å². The summed E-state index contributed by atoms with van der Waals surface area (Å²) in [6.45, 7) is 8.06. The molecule has 1 N–H and O–H groups in total. The van der Waals surface area contributed by atoms with Crippen molar-refractivity contribution in [2.75, 3.05) is 40.5 Å². The van der Waals surface area contributed by atoms with E-state index >= 15 is 0 Å². The summed E-state index contributed by atoms with van der Waals surface area (Å²) >= 11 is 0. The van der Waals surface area contributed by atoms with Crippen LogP contribution in [0.15, 0.2) is 18.2 Å². The molecule has 1 heterocycles. The van der Waals surface area contributed by atoms with Crippen LogP contribution in [0.1, 0.15) is 25.8 Å². The third-order valence-electron chi connectivity index (χ3n) is 4.47. The molecule has 0 radical (unpaired) electrons. The second kappa shape index (κ2) is 9.25. The van der Waals surface area contributed by atoms with Gasteiger partial charge in [-0.3, -0.25) is 0 Å². The molecule has 1 aliphatic heterocycles. The zero-order valence-corrected chi connectivity index (χ0v) is 15.3. The van der Waals surface area contributed by atoms with Crippen molar-refractivity contribution < 1.29 is 19.3 Å². The van der Waals surface area contributed by atoms with Crippen LogP contribution in [0.25, 0.3) is 0 Å². The van der Waals surface area contributed by atoms with Gasteiger partial charge in [-0.05, 0) is 36.5 Å². The van der Waals surface area contributed by atoms with E-state index in [1.807, 2.05) is 18.2 Å². The summed E-state index contributed by atoms with van der Waals surface area (Å²) in [5.41, 5.74) is 0.921. The summed E-state index contributed by atoms with van der Waals surface area (Å²) in [6.07, 6.45) is 0.803. The van der Waals surface area contributed by atoms with E-state index < -0.39 is 6.10 Å². The van der Waals surface area contributed by atoms with Crippen molar-refractivity contribution in [1.29, 1.82) is 0 Å². The molecule has 0 saturated carbocycles. The predicted molar refractivity (Wildman–Crippen MR) is 94.6 cm³/mol. The molecule has 0 aliphatic carbocycles. The van der Waals surface area contributed by atoms with E-state index in [1.165, 1.54) is 6.42 Å². The second-order valence-electron chi connectivity index (χ2n) is 7.01. The number of β-amino-alcohol motifs (C(OH)–C–C–N with tert-alkyl or cyclic N) is 1. The Bertz CT molecular complexity index is 498. The SMILES string of the molecule is COc1ccc(OC)c(COC[C@H](O)CN2C[C@H](C)C[C@H](C)C2)c1. The average molecular weight is 337 g/mol. The van der Waals surface area contributed by atoms with Gasteiger partial charge in [0.2, 0.25) is 0 Å². The van der Waals surface area contributed by atoms with Crippen LogP contribution in [0.3, 0.4) is 0 Å². The maximum atomic E-state index is 10.3. The Morgan fingerprint density at radius 3 is 2.50 bits per heavy atom. The first-order chi connectivity index (χ1) is 11.5. The number of methoxy groups -OCH3 is 2. The molecule has 1 aliphatic rings. The highest BCUT2D eigenvalue weighted by molar-refractivity contribution is 5.39. The largest absolute Gasteiger partial charge is 0.497 e. The van der Waals surface area contributed by atoms with Gasteiger partial charge in [-0.25, -0.2) is 0 Å². The van der Waals surface area contributed by atoms with Gasteiger partial charge in [0.25, 0.3) is 0 Å². The lowest BCUT2D eigenvalue weighted by Gasteiger charge is -2.35. The zero-order valence-electron chi connectivity index (χ0n) is 15.3. The van der Waals surface area contributed by atoms with Crippen LogP contribution in [0.2, 0.25) is 0 Å². The summed E-state index contributed by atoms with van der Waals surface area (Å²) in [6, 6.07) is 5.62. The Morgan fingerprint density at radius 1 is 1.17 bits per heavy atom. The number of rotatable bonds is 8. The van der Waals surface area contributed by atoms with Gasteiger partial charge in [-0.15, -0.1) is 0 Å². The Morgan fingerprint density at radius 2 is 1.88 bits per heavy atom. The van der Waals surface area contributed by atoms with Gasteiger partial charge in [-0.1, -0.05) is 13.8 Å². The first kappa shape index (κ1) is 19.0. The van der Waals surface area contributed by atoms with E-state index in [9.17, 15) is 5.11 Å². The third kappa shape index (κ3) is 5.65. The molecule has 24 heavy (non-hydrogen) atoms. The molecule has 5 heteroatoms. The van der Waals surface area contributed by atoms with Crippen molar-refractivity contribution in [1.82, 2.24) is 4.90 Å². The van der Waals surface area contributed by atoms with Gasteiger partial charge in [0.05, 0.1) is 33.5 Å². The molecule has 5 nitrogen and oxygen atoms in total. The topological polar surface area (TPSA) is 51.2 Å². The van der Waals surface area contributed by atoms with E-state index in [-0.39, 0.29) is 0 Å². The Labute approximate surface area is 145 Å². The van der Waals surface area contributed by atoms with E-state index in [0.717, 1.165) is 30.2 Å². The highest BCUT2D eigenvalue weighted by Crippen LogP contribution is 2.25. The Hall–Kier alpha value is -1.30. The lowest BCUT2D eigenvalue weighted by Crippen LogP contribution is -2.43. The van der Waals surface area contributed by atoms with Gasteiger partial charge in [0, 0.05) is 25.2 Å².